The van der Waals surface area contributed by atoms with Crippen molar-refractivity contribution in [2.45, 2.75) is 51.1 Å². The maximum Gasteiger partial charge on any atom is 0.255 e. The molecule has 0 N–H and O–H groups in total. The van der Waals surface area contributed by atoms with Gasteiger partial charge in [-0.15, -0.1) is 0 Å². The molecule has 4 rings (SSSR count). The molecular formula is C24H21Cl2NO4. The van der Waals surface area contributed by atoms with Crippen molar-refractivity contribution in [2.24, 2.45) is 0 Å². The van der Waals surface area contributed by atoms with Gasteiger partial charge in [0.1, 0.15) is 11.6 Å². The number of amides is 1. The average Bonchev–Trinajstić information content (AvgIpc) is 3.05. The number of aryl methyl sites for hydroxylation is 1. The lowest BCUT2D eigenvalue weighted by atomic mass is 9.92. The second-order valence-corrected chi connectivity index (χ2v) is 8.89. The number of hydrogen-bond donors (Lipinski definition) is 0. The van der Waals surface area contributed by atoms with Crippen LogP contribution in [-0.4, -0.2) is 34.2 Å². The van der Waals surface area contributed by atoms with Crippen molar-refractivity contribution in [3.8, 4) is 0 Å². The van der Waals surface area contributed by atoms with E-state index < -0.39 is 6.04 Å². The number of carbonyl (C=O) groups is 4. The van der Waals surface area contributed by atoms with Crippen molar-refractivity contribution in [1.29, 1.82) is 0 Å². The molecule has 1 heterocycles. The zero-order chi connectivity index (χ0) is 22.1. The number of fused-ring (bicyclic) bond motifs is 1. The van der Waals surface area contributed by atoms with Crippen LogP contribution in [0.15, 0.2) is 36.4 Å². The quantitative estimate of drug-likeness (QED) is 0.603. The lowest BCUT2D eigenvalue weighted by Crippen LogP contribution is -2.44. The fraction of sp³-hybridized carbons (Fsp3) is 0.333. The number of Topliss-reactive ketones (excluding diaryl/α,β-unsaturated/α-hetero) is 3. The molecule has 31 heavy (non-hydrogen) atoms. The lowest BCUT2D eigenvalue weighted by molar-refractivity contribution is -0.133. The van der Waals surface area contributed by atoms with E-state index in [9.17, 15) is 19.2 Å². The summed E-state index contributed by atoms with van der Waals surface area (Å²) in [6.07, 6.45) is 1.69. The fourth-order valence-corrected chi connectivity index (χ4v) is 4.79. The summed E-state index contributed by atoms with van der Waals surface area (Å²) in [6, 6.07) is 10.2. The van der Waals surface area contributed by atoms with Gasteiger partial charge in [0.2, 0.25) is 0 Å². The van der Waals surface area contributed by atoms with Gasteiger partial charge in [-0.2, -0.15) is 0 Å². The monoisotopic (exact) mass is 457 g/mol. The van der Waals surface area contributed by atoms with Gasteiger partial charge < -0.3 is 4.90 Å². The Balaban J connectivity index is 1.40. The third-order valence-electron chi connectivity index (χ3n) is 5.95. The molecule has 0 bridgehead atoms. The Morgan fingerprint density at radius 1 is 1.06 bits per heavy atom. The average molecular weight is 458 g/mol. The molecule has 1 saturated carbocycles. The zero-order valence-corrected chi connectivity index (χ0v) is 18.3. The summed E-state index contributed by atoms with van der Waals surface area (Å²) < 4.78 is 0. The first-order valence-corrected chi connectivity index (χ1v) is 11.0. The van der Waals surface area contributed by atoms with Gasteiger partial charge in [0.25, 0.3) is 5.91 Å². The van der Waals surface area contributed by atoms with Crippen LogP contribution in [0.25, 0.3) is 0 Å². The first-order valence-electron chi connectivity index (χ1n) is 10.2. The van der Waals surface area contributed by atoms with Crippen LogP contribution in [0.3, 0.4) is 0 Å². The van der Waals surface area contributed by atoms with Crippen molar-refractivity contribution in [1.82, 2.24) is 4.90 Å². The third-order valence-corrected chi connectivity index (χ3v) is 6.65. The summed E-state index contributed by atoms with van der Waals surface area (Å²) in [5.41, 5.74) is 3.04. The van der Waals surface area contributed by atoms with Gasteiger partial charge in [0.15, 0.2) is 5.78 Å². The minimum Gasteiger partial charge on any atom is -0.324 e. The Hall–Kier alpha value is -2.50. The second-order valence-electron chi connectivity index (χ2n) is 8.08. The molecule has 1 aliphatic heterocycles. The Kier molecular flexibility index (Phi) is 6.26. The number of nitrogens with zero attached hydrogens (tertiary/aromatic N) is 1. The topological polar surface area (TPSA) is 71.5 Å². The van der Waals surface area contributed by atoms with E-state index in [0.29, 0.717) is 53.4 Å². The number of carbonyl (C=O) groups excluding carboxylic acids is 4. The smallest absolute Gasteiger partial charge is 0.255 e. The Morgan fingerprint density at radius 2 is 1.81 bits per heavy atom. The van der Waals surface area contributed by atoms with Gasteiger partial charge in [-0.3, -0.25) is 19.2 Å². The SMILES string of the molecule is O=C1CCC(N2Cc3cc(CCC(=O)Cc4c(Cl)cccc4Cl)ccc3C2=O)C(=O)C1. The van der Waals surface area contributed by atoms with Gasteiger partial charge in [-0.05, 0) is 47.7 Å². The van der Waals surface area contributed by atoms with E-state index in [1.165, 1.54) is 0 Å². The van der Waals surface area contributed by atoms with Crippen molar-refractivity contribution in [3.05, 3.63) is 68.7 Å². The molecule has 160 valence electrons. The normalized spacial score (nSPS) is 18.5. The molecule has 2 aromatic carbocycles. The first-order chi connectivity index (χ1) is 14.8. The highest BCUT2D eigenvalue weighted by Crippen LogP contribution is 2.30. The van der Waals surface area contributed by atoms with Gasteiger partial charge in [-0.25, -0.2) is 0 Å². The molecule has 2 aliphatic rings. The van der Waals surface area contributed by atoms with E-state index in [1.807, 2.05) is 12.1 Å². The molecule has 0 aromatic heterocycles. The fourth-order valence-electron chi connectivity index (χ4n) is 4.26. The minimum atomic E-state index is -0.525. The molecule has 0 spiro atoms. The lowest BCUT2D eigenvalue weighted by Gasteiger charge is -2.29. The molecule has 5 nitrogen and oxygen atoms in total. The highest BCUT2D eigenvalue weighted by molar-refractivity contribution is 6.36. The molecule has 2 aromatic rings. The van der Waals surface area contributed by atoms with Crippen LogP contribution in [-0.2, 0) is 33.8 Å². The van der Waals surface area contributed by atoms with Gasteiger partial charge in [-0.1, -0.05) is 41.4 Å². The van der Waals surface area contributed by atoms with E-state index >= 15 is 0 Å². The van der Waals surface area contributed by atoms with E-state index in [4.69, 9.17) is 23.2 Å². The molecule has 1 amide bonds. The minimum absolute atomic E-state index is 0.0330. The van der Waals surface area contributed by atoms with E-state index in [1.54, 1.807) is 29.2 Å². The summed E-state index contributed by atoms with van der Waals surface area (Å²) in [5.74, 6) is -0.374. The third kappa shape index (κ3) is 4.58. The van der Waals surface area contributed by atoms with E-state index in [2.05, 4.69) is 0 Å². The Labute approximate surface area is 190 Å². The van der Waals surface area contributed by atoms with Gasteiger partial charge >= 0.3 is 0 Å². The molecule has 7 heteroatoms. The van der Waals surface area contributed by atoms with Crippen LogP contribution in [0.1, 0.15) is 52.7 Å². The summed E-state index contributed by atoms with van der Waals surface area (Å²) in [4.78, 5) is 50.6. The summed E-state index contributed by atoms with van der Waals surface area (Å²) >= 11 is 12.3. The van der Waals surface area contributed by atoms with Crippen LogP contribution in [0.4, 0.5) is 0 Å². The van der Waals surface area contributed by atoms with E-state index in [-0.39, 0.29) is 36.1 Å². The standard InChI is InChI=1S/C24H21Cl2NO4/c25-20-2-1-3-21(26)19(20)11-16(28)6-4-14-5-8-18-15(10-14)13-27(24(18)31)22-9-7-17(29)12-23(22)30/h1-3,5,8,10,22H,4,6-7,9,11-13H2. The van der Waals surface area contributed by atoms with Crippen LogP contribution in [0, 0.1) is 0 Å². The zero-order valence-electron chi connectivity index (χ0n) is 16.8. The van der Waals surface area contributed by atoms with Crippen molar-refractivity contribution in [3.63, 3.8) is 0 Å². The Bertz CT molecular complexity index is 1070. The summed E-state index contributed by atoms with van der Waals surface area (Å²) in [6.45, 7) is 0.357. The van der Waals surface area contributed by atoms with Crippen LogP contribution < -0.4 is 0 Å². The highest BCUT2D eigenvalue weighted by atomic mass is 35.5. The molecule has 1 aliphatic carbocycles. The van der Waals surface area contributed by atoms with Crippen LogP contribution in [0.2, 0.25) is 10.0 Å². The van der Waals surface area contributed by atoms with Gasteiger partial charge in [0, 0.05) is 41.4 Å². The predicted molar refractivity (Wildman–Crippen MR) is 117 cm³/mol. The number of halogens is 2. The molecule has 1 atom stereocenters. The van der Waals surface area contributed by atoms with E-state index in [0.717, 1.165) is 11.1 Å². The van der Waals surface area contributed by atoms with Crippen molar-refractivity contribution >= 4 is 46.5 Å². The number of benzene rings is 2. The maximum atomic E-state index is 12.8. The maximum absolute atomic E-state index is 12.8. The molecule has 1 fully saturated rings. The summed E-state index contributed by atoms with van der Waals surface area (Å²) in [5, 5.41) is 0.965. The molecule has 0 radical (unpaired) electrons. The Morgan fingerprint density at radius 3 is 2.52 bits per heavy atom. The first kappa shape index (κ1) is 21.7. The summed E-state index contributed by atoms with van der Waals surface area (Å²) in [7, 11) is 0. The van der Waals surface area contributed by atoms with Crippen molar-refractivity contribution in [2.75, 3.05) is 0 Å². The number of ketones is 3. The largest absolute Gasteiger partial charge is 0.324 e. The molecular weight excluding hydrogens is 437 g/mol. The number of hydrogen-bond acceptors (Lipinski definition) is 4. The molecule has 1 unspecified atom stereocenters. The number of rotatable bonds is 6. The molecule has 0 saturated heterocycles. The van der Waals surface area contributed by atoms with Crippen LogP contribution >= 0.6 is 23.2 Å². The predicted octanol–water partition coefficient (Wildman–Crippen LogP) is 4.38. The van der Waals surface area contributed by atoms with Crippen LogP contribution in [0.5, 0.6) is 0 Å². The van der Waals surface area contributed by atoms with Gasteiger partial charge in [0.05, 0.1) is 12.5 Å². The highest BCUT2D eigenvalue weighted by Gasteiger charge is 2.38. The van der Waals surface area contributed by atoms with Crippen molar-refractivity contribution < 1.29 is 19.2 Å². The second kappa shape index (κ2) is 8.93.